The Morgan fingerprint density at radius 2 is 2.20 bits per heavy atom. The van der Waals surface area contributed by atoms with Crippen LogP contribution in [0, 0.1) is 17.0 Å². The summed E-state index contributed by atoms with van der Waals surface area (Å²) in [7, 11) is 0. The highest BCUT2D eigenvalue weighted by molar-refractivity contribution is 5.45. The van der Waals surface area contributed by atoms with Crippen molar-refractivity contribution in [2.75, 3.05) is 0 Å². The molecule has 0 heterocycles. The Kier molecular flexibility index (Phi) is 3.80. The Hall–Kier alpha value is -1.42. The van der Waals surface area contributed by atoms with E-state index in [1.54, 1.807) is 12.1 Å². The van der Waals surface area contributed by atoms with Crippen molar-refractivity contribution in [1.82, 2.24) is 0 Å². The third-order valence-electron chi connectivity index (χ3n) is 2.43. The lowest BCUT2D eigenvalue weighted by molar-refractivity contribution is -0.385. The summed E-state index contributed by atoms with van der Waals surface area (Å²) in [6.07, 6.45) is 1.44. The van der Waals surface area contributed by atoms with E-state index >= 15 is 0 Å². The number of benzene rings is 1. The molecule has 4 nitrogen and oxygen atoms in total. The second-order valence-electron chi connectivity index (χ2n) is 3.85. The fourth-order valence-electron chi connectivity index (χ4n) is 1.56. The van der Waals surface area contributed by atoms with Crippen LogP contribution in [0.5, 0.6) is 0 Å². The van der Waals surface area contributed by atoms with Crippen molar-refractivity contribution in [2.24, 2.45) is 5.73 Å². The van der Waals surface area contributed by atoms with Gasteiger partial charge in [-0.05, 0) is 32.3 Å². The first-order valence-electron chi connectivity index (χ1n) is 5.01. The molecular weight excluding hydrogens is 192 g/mol. The molecule has 1 aromatic rings. The Labute approximate surface area is 89.2 Å². The summed E-state index contributed by atoms with van der Waals surface area (Å²) in [6, 6.07) is 5.22. The molecule has 4 heteroatoms. The molecule has 0 radical (unpaired) electrons. The monoisotopic (exact) mass is 208 g/mol. The van der Waals surface area contributed by atoms with Crippen molar-refractivity contribution in [3.05, 3.63) is 39.4 Å². The Balaban J connectivity index is 2.97. The van der Waals surface area contributed by atoms with E-state index in [0.29, 0.717) is 6.42 Å². The fourth-order valence-corrected chi connectivity index (χ4v) is 1.56. The van der Waals surface area contributed by atoms with Gasteiger partial charge < -0.3 is 5.73 Å². The quantitative estimate of drug-likeness (QED) is 0.609. The average molecular weight is 208 g/mol. The van der Waals surface area contributed by atoms with E-state index < -0.39 is 0 Å². The summed E-state index contributed by atoms with van der Waals surface area (Å²) in [5.41, 5.74) is 7.62. The molecule has 0 saturated carbocycles. The van der Waals surface area contributed by atoms with Gasteiger partial charge >= 0.3 is 0 Å². The highest BCUT2D eigenvalue weighted by atomic mass is 16.6. The SMILES string of the molecule is Cc1cccc([N+](=O)[O-])c1CC[C@@H](C)N. The minimum atomic E-state index is -0.330. The molecule has 0 aliphatic rings. The van der Waals surface area contributed by atoms with Gasteiger partial charge in [0.1, 0.15) is 0 Å². The molecule has 0 unspecified atom stereocenters. The van der Waals surface area contributed by atoms with Gasteiger partial charge in [0.25, 0.3) is 5.69 Å². The van der Waals surface area contributed by atoms with E-state index in [1.807, 2.05) is 19.9 Å². The molecular formula is C11H16N2O2. The predicted octanol–water partition coefficient (Wildman–Crippen LogP) is 2.18. The van der Waals surface area contributed by atoms with Crippen molar-refractivity contribution in [1.29, 1.82) is 0 Å². The topological polar surface area (TPSA) is 69.2 Å². The van der Waals surface area contributed by atoms with Gasteiger partial charge in [-0.15, -0.1) is 0 Å². The zero-order valence-electron chi connectivity index (χ0n) is 9.06. The van der Waals surface area contributed by atoms with Gasteiger partial charge in [0.2, 0.25) is 0 Å². The molecule has 0 aliphatic carbocycles. The first-order valence-corrected chi connectivity index (χ1v) is 5.01. The van der Waals surface area contributed by atoms with Crippen molar-refractivity contribution in [2.45, 2.75) is 32.7 Å². The summed E-state index contributed by atoms with van der Waals surface area (Å²) in [6.45, 7) is 3.80. The van der Waals surface area contributed by atoms with Crippen LogP contribution in [0.3, 0.4) is 0 Å². The average Bonchev–Trinajstić information content (AvgIpc) is 2.15. The maximum Gasteiger partial charge on any atom is 0.272 e. The maximum atomic E-state index is 10.8. The molecule has 0 bridgehead atoms. The van der Waals surface area contributed by atoms with Crippen LogP contribution in [0.15, 0.2) is 18.2 Å². The highest BCUT2D eigenvalue weighted by Gasteiger charge is 2.15. The minimum absolute atomic E-state index is 0.0733. The zero-order valence-corrected chi connectivity index (χ0v) is 9.06. The lowest BCUT2D eigenvalue weighted by Crippen LogP contribution is -2.16. The third kappa shape index (κ3) is 3.02. The Bertz CT molecular complexity index is 362. The first kappa shape index (κ1) is 11.7. The molecule has 0 saturated heterocycles. The largest absolute Gasteiger partial charge is 0.328 e. The van der Waals surface area contributed by atoms with Gasteiger partial charge in [0.05, 0.1) is 4.92 Å². The van der Waals surface area contributed by atoms with E-state index in [2.05, 4.69) is 0 Å². The predicted molar refractivity (Wildman–Crippen MR) is 59.8 cm³/mol. The fraction of sp³-hybridized carbons (Fsp3) is 0.455. The summed E-state index contributed by atoms with van der Waals surface area (Å²) in [5, 5.41) is 10.8. The van der Waals surface area contributed by atoms with Gasteiger partial charge in [-0.3, -0.25) is 10.1 Å². The number of hydrogen-bond donors (Lipinski definition) is 1. The molecule has 15 heavy (non-hydrogen) atoms. The van der Waals surface area contributed by atoms with Crippen LogP contribution >= 0.6 is 0 Å². The number of hydrogen-bond acceptors (Lipinski definition) is 3. The summed E-state index contributed by atoms with van der Waals surface area (Å²) >= 11 is 0. The van der Waals surface area contributed by atoms with Crippen molar-refractivity contribution < 1.29 is 4.92 Å². The molecule has 0 aromatic heterocycles. The molecule has 0 spiro atoms. The van der Waals surface area contributed by atoms with Gasteiger partial charge in [0.15, 0.2) is 0 Å². The summed E-state index contributed by atoms with van der Waals surface area (Å²) < 4.78 is 0. The van der Waals surface area contributed by atoms with Gasteiger partial charge in [-0.2, -0.15) is 0 Å². The van der Waals surface area contributed by atoms with Gasteiger partial charge in [0, 0.05) is 17.7 Å². The summed E-state index contributed by atoms with van der Waals surface area (Å²) in [5.74, 6) is 0. The van der Waals surface area contributed by atoms with Crippen molar-refractivity contribution in [3.63, 3.8) is 0 Å². The molecule has 1 rings (SSSR count). The van der Waals surface area contributed by atoms with Crippen LogP contribution < -0.4 is 5.73 Å². The highest BCUT2D eigenvalue weighted by Crippen LogP contribution is 2.23. The second kappa shape index (κ2) is 4.89. The molecule has 1 atom stereocenters. The number of nitrogens with two attached hydrogens (primary N) is 1. The lowest BCUT2D eigenvalue weighted by Gasteiger charge is -2.08. The van der Waals surface area contributed by atoms with Crippen LogP contribution in [0.2, 0.25) is 0 Å². The number of nitro benzene ring substituents is 1. The Morgan fingerprint density at radius 1 is 1.53 bits per heavy atom. The van der Waals surface area contributed by atoms with Gasteiger partial charge in [-0.25, -0.2) is 0 Å². The molecule has 2 N–H and O–H groups in total. The molecule has 82 valence electrons. The lowest BCUT2D eigenvalue weighted by atomic mass is 10.00. The smallest absolute Gasteiger partial charge is 0.272 e. The molecule has 0 amide bonds. The van der Waals surface area contributed by atoms with E-state index in [4.69, 9.17) is 5.73 Å². The first-order chi connectivity index (χ1) is 7.02. The Morgan fingerprint density at radius 3 is 2.73 bits per heavy atom. The van der Waals surface area contributed by atoms with Gasteiger partial charge in [-0.1, -0.05) is 12.1 Å². The number of aryl methyl sites for hydroxylation is 1. The third-order valence-corrected chi connectivity index (χ3v) is 2.43. The van der Waals surface area contributed by atoms with Crippen LogP contribution in [-0.4, -0.2) is 11.0 Å². The molecule has 0 fully saturated rings. The van der Waals surface area contributed by atoms with Crippen LogP contribution in [0.1, 0.15) is 24.5 Å². The number of nitrogens with zero attached hydrogens (tertiary/aromatic N) is 1. The van der Waals surface area contributed by atoms with Crippen molar-refractivity contribution in [3.8, 4) is 0 Å². The minimum Gasteiger partial charge on any atom is -0.328 e. The number of nitro groups is 1. The van der Waals surface area contributed by atoms with E-state index in [0.717, 1.165) is 17.5 Å². The van der Waals surface area contributed by atoms with E-state index in [9.17, 15) is 10.1 Å². The molecule has 1 aromatic carbocycles. The van der Waals surface area contributed by atoms with Crippen molar-refractivity contribution >= 4 is 5.69 Å². The molecule has 0 aliphatic heterocycles. The number of rotatable bonds is 4. The standard InChI is InChI=1S/C11H16N2O2/c1-8-4-3-5-11(13(14)15)10(8)7-6-9(2)12/h3-5,9H,6-7,12H2,1-2H3/t9-/m1/s1. The van der Waals surface area contributed by atoms with Crippen LogP contribution in [0.25, 0.3) is 0 Å². The normalized spacial score (nSPS) is 12.5. The maximum absolute atomic E-state index is 10.8. The van der Waals surface area contributed by atoms with Crippen LogP contribution in [0.4, 0.5) is 5.69 Å². The summed E-state index contributed by atoms with van der Waals surface area (Å²) in [4.78, 5) is 10.5. The van der Waals surface area contributed by atoms with E-state index in [-0.39, 0.29) is 16.7 Å². The second-order valence-corrected chi connectivity index (χ2v) is 3.85. The zero-order chi connectivity index (χ0) is 11.4. The van der Waals surface area contributed by atoms with E-state index in [1.165, 1.54) is 0 Å². The van der Waals surface area contributed by atoms with Crippen LogP contribution in [-0.2, 0) is 6.42 Å².